The predicted molar refractivity (Wildman–Crippen MR) is 95.7 cm³/mol. The first kappa shape index (κ1) is 19.0. The third-order valence-corrected chi connectivity index (χ3v) is 4.84. The first-order chi connectivity index (χ1) is 12.6. The van der Waals surface area contributed by atoms with Crippen LogP contribution >= 0.6 is 0 Å². The summed E-state index contributed by atoms with van der Waals surface area (Å²) in [5, 5.41) is 29.5. The molecule has 1 saturated heterocycles. The molecular weight excluding hydrogens is 338 g/mol. The lowest BCUT2D eigenvalue weighted by Gasteiger charge is -2.19. The Kier molecular flexibility index (Phi) is 6.02. The first-order valence-corrected chi connectivity index (χ1v) is 9.09. The van der Waals surface area contributed by atoms with Crippen molar-refractivity contribution in [3.8, 4) is 0 Å². The maximum atomic E-state index is 10.2. The highest BCUT2D eigenvalue weighted by Gasteiger charge is 2.44. The predicted octanol–water partition coefficient (Wildman–Crippen LogP) is 0.454. The monoisotopic (exact) mass is 365 g/mol. The van der Waals surface area contributed by atoms with Crippen LogP contribution in [0.15, 0.2) is 12.7 Å². The number of unbranched alkanes of at least 4 members (excludes halogenated alkanes) is 3. The lowest BCUT2D eigenvalue weighted by Crippen LogP contribution is -2.33. The van der Waals surface area contributed by atoms with E-state index in [2.05, 4.69) is 21.9 Å². The van der Waals surface area contributed by atoms with Gasteiger partial charge in [0, 0.05) is 13.6 Å². The second-order valence-corrected chi connectivity index (χ2v) is 6.73. The van der Waals surface area contributed by atoms with Crippen molar-refractivity contribution in [1.29, 1.82) is 0 Å². The Labute approximate surface area is 152 Å². The summed E-state index contributed by atoms with van der Waals surface area (Å²) < 4.78 is 7.16. The van der Waals surface area contributed by atoms with Gasteiger partial charge in [-0.05, 0) is 6.42 Å². The molecular formula is C17H27N5O4. The zero-order valence-corrected chi connectivity index (χ0v) is 15.2. The van der Waals surface area contributed by atoms with E-state index in [-0.39, 0.29) is 6.61 Å². The van der Waals surface area contributed by atoms with E-state index in [1.165, 1.54) is 31.9 Å². The van der Waals surface area contributed by atoms with Gasteiger partial charge >= 0.3 is 0 Å². The standard InChI is InChI=1S/C17H27N5O4/c1-3-4-5-6-7-21(2)15-12-16(19-9-18-15)22(10-20-12)17-14(25)13(24)11(8-23)26-17/h9-11,13-14,17,23-25H,3-8H2,1-2H3/t11-,13-,14-,17?/m1/s1. The molecule has 2 aromatic heterocycles. The molecule has 0 spiro atoms. The van der Waals surface area contributed by atoms with Crippen LogP contribution in [0.4, 0.5) is 5.82 Å². The van der Waals surface area contributed by atoms with E-state index in [1.54, 1.807) is 4.57 Å². The number of rotatable bonds is 8. The van der Waals surface area contributed by atoms with E-state index in [0.717, 1.165) is 18.8 Å². The van der Waals surface area contributed by atoms with Crippen molar-refractivity contribution < 1.29 is 20.1 Å². The van der Waals surface area contributed by atoms with Crippen LogP contribution in [0.3, 0.4) is 0 Å². The highest BCUT2D eigenvalue weighted by Crippen LogP contribution is 2.32. The summed E-state index contributed by atoms with van der Waals surface area (Å²) in [5.41, 5.74) is 1.13. The van der Waals surface area contributed by atoms with E-state index in [0.29, 0.717) is 11.2 Å². The number of fused-ring (bicyclic) bond motifs is 1. The zero-order valence-electron chi connectivity index (χ0n) is 15.2. The topological polar surface area (TPSA) is 117 Å². The third kappa shape index (κ3) is 3.52. The third-order valence-electron chi connectivity index (χ3n) is 4.84. The molecule has 144 valence electrons. The highest BCUT2D eigenvalue weighted by molar-refractivity contribution is 5.83. The molecule has 0 radical (unpaired) electrons. The van der Waals surface area contributed by atoms with E-state index < -0.39 is 24.5 Å². The van der Waals surface area contributed by atoms with E-state index in [1.807, 2.05) is 11.9 Å². The molecule has 1 aliphatic rings. The quantitative estimate of drug-likeness (QED) is 0.578. The molecule has 1 fully saturated rings. The summed E-state index contributed by atoms with van der Waals surface area (Å²) >= 11 is 0. The number of imidazole rings is 1. The number of hydrogen-bond donors (Lipinski definition) is 3. The minimum Gasteiger partial charge on any atom is -0.394 e. The fourth-order valence-corrected chi connectivity index (χ4v) is 3.30. The van der Waals surface area contributed by atoms with Gasteiger partial charge in [-0.1, -0.05) is 26.2 Å². The molecule has 3 rings (SSSR count). The Hall–Kier alpha value is -1.81. The highest BCUT2D eigenvalue weighted by atomic mass is 16.6. The first-order valence-electron chi connectivity index (χ1n) is 9.09. The fourth-order valence-electron chi connectivity index (χ4n) is 3.30. The van der Waals surface area contributed by atoms with Gasteiger partial charge in [0.05, 0.1) is 12.9 Å². The number of nitrogens with zero attached hydrogens (tertiary/aromatic N) is 5. The van der Waals surface area contributed by atoms with Crippen LogP contribution in [0.25, 0.3) is 11.2 Å². The lowest BCUT2D eigenvalue weighted by molar-refractivity contribution is -0.0511. The van der Waals surface area contributed by atoms with Crippen LogP contribution in [-0.2, 0) is 4.74 Å². The fraction of sp³-hybridized carbons (Fsp3) is 0.706. The molecule has 0 saturated carbocycles. The van der Waals surface area contributed by atoms with Gasteiger partial charge in [0.2, 0.25) is 0 Å². The molecule has 4 atom stereocenters. The average Bonchev–Trinajstić information content (AvgIpc) is 3.20. The van der Waals surface area contributed by atoms with Crippen molar-refractivity contribution in [3.63, 3.8) is 0 Å². The van der Waals surface area contributed by atoms with Gasteiger partial charge in [-0.3, -0.25) is 4.57 Å². The van der Waals surface area contributed by atoms with Crippen LogP contribution in [0.2, 0.25) is 0 Å². The Morgan fingerprint density at radius 1 is 1.15 bits per heavy atom. The zero-order chi connectivity index (χ0) is 18.7. The summed E-state index contributed by atoms with van der Waals surface area (Å²) in [7, 11) is 1.97. The molecule has 0 bridgehead atoms. The SMILES string of the molecule is CCCCCCN(C)c1ncnc2c1ncn2C1O[C@H](CO)[C@@H](O)[C@H]1O. The molecule has 0 aliphatic carbocycles. The van der Waals surface area contributed by atoms with Crippen molar-refractivity contribution in [3.05, 3.63) is 12.7 Å². The van der Waals surface area contributed by atoms with Crippen molar-refractivity contribution in [2.45, 2.75) is 57.1 Å². The minimum absolute atomic E-state index is 0.373. The molecule has 9 heteroatoms. The number of aromatic nitrogens is 4. The van der Waals surface area contributed by atoms with Crippen molar-refractivity contribution in [2.75, 3.05) is 25.1 Å². The Morgan fingerprint density at radius 2 is 1.96 bits per heavy atom. The largest absolute Gasteiger partial charge is 0.394 e. The van der Waals surface area contributed by atoms with Gasteiger partial charge in [-0.2, -0.15) is 0 Å². The van der Waals surface area contributed by atoms with Gasteiger partial charge in [0.15, 0.2) is 23.2 Å². The van der Waals surface area contributed by atoms with Crippen LogP contribution in [-0.4, -0.2) is 73.3 Å². The summed E-state index contributed by atoms with van der Waals surface area (Å²) in [6.07, 6.45) is 3.61. The van der Waals surface area contributed by atoms with Crippen LogP contribution in [0, 0.1) is 0 Å². The van der Waals surface area contributed by atoms with Crippen LogP contribution < -0.4 is 4.90 Å². The summed E-state index contributed by atoms with van der Waals surface area (Å²) in [4.78, 5) is 15.1. The second-order valence-electron chi connectivity index (χ2n) is 6.73. The summed E-state index contributed by atoms with van der Waals surface area (Å²) in [6, 6.07) is 0. The Bertz CT molecular complexity index is 724. The van der Waals surface area contributed by atoms with Gasteiger partial charge < -0.3 is 25.0 Å². The summed E-state index contributed by atoms with van der Waals surface area (Å²) in [5.74, 6) is 0.719. The maximum absolute atomic E-state index is 10.2. The molecule has 9 nitrogen and oxygen atoms in total. The van der Waals surface area contributed by atoms with E-state index in [9.17, 15) is 15.3 Å². The number of hydrogen-bond acceptors (Lipinski definition) is 8. The van der Waals surface area contributed by atoms with Gasteiger partial charge in [-0.15, -0.1) is 0 Å². The molecule has 3 N–H and O–H groups in total. The average molecular weight is 365 g/mol. The number of anilines is 1. The summed E-state index contributed by atoms with van der Waals surface area (Å²) in [6.45, 7) is 2.68. The molecule has 2 aromatic rings. The van der Waals surface area contributed by atoms with Crippen molar-refractivity contribution in [2.24, 2.45) is 0 Å². The minimum atomic E-state index is -1.17. The van der Waals surface area contributed by atoms with Gasteiger partial charge in [-0.25, -0.2) is 15.0 Å². The van der Waals surface area contributed by atoms with E-state index in [4.69, 9.17) is 4.74 Å². The van der Waals surface area contributed by atoms with E-state index >= 15 is 0 Å². The maximum Gasteiger partial charge on any atom is 0.167 e. The Balaban J connectivity index is 1.83. The number of ether oxygens (including phenoxy) is 1. The second kappa shape index (κ2) is 8.26. The molecule has 0 amide bonds. The molecule has 1 aliphatic heterocycles. The molecule has 26 heavy (non-hydrogen) atoms. The van der Waals surface area contributed by atoms with Crippen LogP contribution in [0.1, 0.15) is 38.8 Å². The van der Waals surface area contributed by atoms with Gasteiger partial charge in [0.25, 0.3) is 0 Å². The lowest BCUT2D eigenvalue weighted by atomic mass is 10.1. The van der Waals surface area contributed by atoms with Crippen molar-refractivity contribution in [1.82, 2.24) is 19.5 Å². The van der Waals surface area contributed by atoms with Crippen molar-refractivity contribution >= 4 is 17.0 Å². The Morgan fingerprint density at radius 3 is 2.65 bits per heavy atom. The van der Waals surface area contributed by atoms with Gasteiger partial charge in [0.1, 0.15) is 24.6 Å². The molecule has 0 aromatic carbocycles. The van der Waals surface area contributed by atoms with Crippen LogP contribution in [0.5, 0.6) is 0 Å². The normalized spacial score (nSPS) is 25.9. The smallest absolute Gasteiger partial charge is 0.167 e. The number of aliphatic hydroxyl groups excluding tert-OH is 3. The number of aliphatic hydroxyl groups is 3. The molecule has 1 unspecified atom stereocenters. The molecule has 3 heterocycles.